The third-order valence-corrected chi connectivity index (χ3v) is 4.32. The normalized spacial score (nSPS) is 13.2. The number of halogens is 4. The van der Waals surface area contributed by atoms with Crippen LogP contribution < -0.4 is 10.8 Å². The molecule has 0 radical (unpaired) electrons. The number of rotatable bonds is 7. The van der Waals surface area contributed by atoms with Gasteiger partial charge in [-0.1, -0.05) is 6.07 Å². The van der Waals surface area contributed by atoms with Crippen molar-refractivity contribution < 1.29 is 28.9 Å². The van der Waals surface area contributed by atoms with E-state index >= 15 is 0 Å². The zero-order valence-corrected chi connectivity index (χ0v) is 16.7. The lowest BCUT2D eigenvalue weighted by molar-refractivity contribution is -0.120. The van der Waals surface area contributed by atoms with Crippen molar-refractivity contribution in [2.24, 2.45) is 4.99 Å². The summed E-state index contributed by atoms with van der Waals surface area (Å²) in [5, 5.41) is 21.7. The van der Waals surface area contributed by atoms with E-state index < -0.39 is 65.4 Å². The Morgan fingerprint density at radius 1 is 1.24 bits per heavy atom. The number of nitrogens with zero attached hydrogens (tertiary/aromatic N) is 5. The Morgan fingerprint density at radius 2 is 2.00 bits per heavy atom. The van der Waals surface area contributed by atoms with E-state index in [-0.39, 0.29) is 10.4 Å². The summed E-state index contributed by atoms with van der Waals surface area (Å²) in [4.78, 5) is 23.0. The molecule has 8 nitrogen and oxygen atoms in total. The zero-order chi connectivity index (χ0) is 24.9. The van der Waals surface area contributed by atoms with E-state index in [0.717, 1.165) is 18.3 Å². The molecule has 0 bridgehead atoms. The van der Waals surface area contributed by atoms with Crippen molar-refractivity contribution in [1.82, 2.24) is 20.0 Å². The van der Waals surface area contributed by atoms with Crippen LogP contribution >= 0.6 is 0 Å². The first-order valence-electron chi connectivity index (χ1n) is 9.87. The summed E-state index contributed by atoms with van der Waals surface area (Å²) in [5.74, 6) is -6.68. The molecule has 1 atom stereocenters. The smallest absolute Gasteiger partial charge is 0.308 e. The Bertz CT molecular complexity index is 1310. The predicted octanol–water partition coefficient (Wildman–Crippen LogP) is 2.22. The number of aromatic nitrogens is 3. The molecule has 0 aliphatic rings. The van der Waals surface area contributed by atoms with Gasteiger partial charge in [0.05, 0.1) is 31.3 Å². The largest absolute Gasteiger partial charge is 0.427 e. The van der Waals surface area contributed by atoms with Crippen molar-refractivity contribution in [2.45, 2.75) is 18.9 Å². The van der Waals surface area contributed by atoms with E-state index in [9.17, 15) is 32.8 Å². The number of hydrogen-bond acceptors (Lipinski definition) is 6. The third kappa shape index (κ3) is 5.51. The molecule has 3 rings (SSSR count). The van der Waals surface area contributed by atoms with Gasteiger partial charge in [0.15, 0.2) is 11.3 Å². The second kappa shape index (κ2) is 9.90. The maximum Gasteiger partial charge on any atom is 0.308 e. The molecule has 0 spiro atoms. The third-order valence-electron chi connectivity index (χ3n) is 4.32. The molecule has 1 amide bonds. The fraction of sp³-hybridized carbons (Fsp3) is 0.190. The van der Waals surface area contributed by atoms with Gasteiger partial charge in [-0.25, -0.2) is 8.78 Å². The summed E-state index contributed by atoms with van der Waals surface area (Å²) in [5.41, 5.74) is -2.90. The summed E-state index contributed by atoms with van der Waals surface area (Å²) in [6, 6.07) is 8.36. The van der Waals surface area contributed by atoms with Crippen molar-refractivity contribution in [1.29, 1.82) is 5.26 Å². The molecule has 2 N–H and O–H groups in total. The molecule has 0 unspecified atom stereocenters. The van der Waals surface area contributed by atoms with Crippen LogP contribution in [0.5, 0.6) is 0 Å². The van der Waals surface area contributed by atoms with Crippen LogP contribution in [0.3, 0.4) is 0 Å². The highest BCUT2D eigenvalue weighted by Crippen LogP contribution is 2.25. The van der Waals surface area contributed by atoms with Gasteiger partial charge >= 0.3 is 5.92 Å². The SMILES string of the molecule is [2H][C@@H](NC(=O)Cc1c(C#N)cc(F)c(=NCC(F)(F)c2ccccn2)n1O)c1ncccc1F. The first-order valence-corrected chi connectivity index (χ1v) is 9.29. The fourth-order valence-corrected chi connectivity index (χ4v) is 2.72. The van der Waals surface area contributed by atoms with Gasteiger partial charge in [0.1, 0.15) is 24.1 Å². The predicted molar refractivity (Wildman–Crippen MR) is 105 cm³/mol. The fourth-order valence-electron chi connectivity index (χ4n) is 2.72. The molecule has 0 saturated heterocycles. The highest BCUT2D eigenvalue weighted by atomic mass is 19.3. The summed E-state index contributed by atoms with van der Waals surface area (Å²) >= 11 is 0. The molecule has 0 aliphatic heterocycles. The maximum absolute atomic E-state index is 14.4. The van der Waals surface area contributed by atoms with Crippen LogP contribution in [-0.4, -0.2) is 32.4 Å². The first kappa shape index (κ1) is 21.9. The second-order valence-electron chi connectivity index (χ2n) is 6.59. The lowest BCUT2D eigenvalue weighted by Crippen LogP contribution is -2.33. The minimum atomic E-state index is -3.60. The van der Waals surface area contributed by atoms with Crippen molar-refractivity contribution in [3.8, 4) is 6.07 Å². The molecular formula is C21H16F4N6O2. The van der Waals surface area contributed by atoms with Gasteiger partial charge in [-0.15, -0.1) is 0 Å². The summed E-state index contributed by atoms with van der Waals surface area (Å²) in [6.07, 6.45) is 1.59. The van der Waals surface area contributed by atoms with Gasteiger partial charge in [0.2, 0.25) is 5.91 Å². The van der Waals surface area contributed by atoms with Gasteiger partial charge < -0.3 is 10.5 Å². The number of hydrogen-bond donors (Lipinski definition) is 2. The minimum absolute atomic E-state index is 0.0161. The van der Waals surface area contributed by atoms with E-state index in [4.69, 9.17) is 1.37 Å². The average molecular weight is 461 g/mol. The number of nitrogens with one attached hydrogen (secondary N) is 1. The number of carbonyl (C=O) groups is 1. The number of amides is 1. The average Bonchev–Trinajstić information content (AvgIpc) is 2.81. The maximum atomic E-state index is 14.4. The molecule has 33 heavy (non-hydrogen) atoms. The van der Waals surface area contributed by atoms with Crippen LogP contribution in [0.15, 0.2) is 53.8 Å². The van der Waals surface area contributed by atoms with Crippen LogP contribution in [0.25, 0.3) is 0 Å². The number of alkyl halides is 2. The van der Waals surface area contributed by atoms with Gasteiger partial charge in [0.25, 0.3) is 0 Å². The monoisotopic (exact) mass is 461 g/mol. The molecular weight excluding hydrogens is 444 g/mol. The Morgan fingerprint density at radius 3 is 2.67 bits per heavy atom. The van der Waals surface area contributed by atoms with Crippen LogP contribution in [-0.2, 0) is 23.7 Å². The van der Waals surface area contributed by atoms with Crippen molar-refractivity contribution in [2.75, 3.05) is 6.54 Å². The molecule has 12 heteroatoms. The van der Waals surface area contributed by atoms with Crippen LogP contribution in [0.2, 0.25) is 0 Å². The molecule has 0 aromatic carbocycles. The summed E-state index contributed by atoms with van der Waals surface area (Å²) in [6.45, 7) is -2.90. The van der Waals surface area contributed by atoms with Crippen molar-refractivity contribution in [3.05, 3.63) is 88.6 Å². The topological polar surface area (TPSA) is 116 Å². The van der Waals surface area contributed by atoms with Gasteiger partial charge in [0, 0.05) is 12.4 Å². The number of pyridine rings is 3. The van der Waals surface area contributed by atoms with Gasteiger partial charge in [-0.2, -0.15) is 18.8 Å². The Kier molecular flexibility index (Phi) is 6.58. The lowest BCUT2D eigenvalue weighted by atomic mass is 10.1. The van der Waals surface area contributed by atoms with Crippen molar-refractivity contribution in [3.63, 3.8) is 0 Å². The zero-order valence-electron chi connectivity index (χ0n) is 17.7. The molecule has 3 heterocycles. The highest BCUT2D eigenvalue weighted by molar-refractivity contribution is 5.78. The number of nitriles is 1. The van der Waals surface area contributed by atoms with Crippen molar-refractivity contribution >= 4 is 5.91 Å². The second-order valence-corrected chi connectivity index (χ2v) is 6.59. The summed E-state index contributed by atoms with van der Waals surface area (Å²) < 4.78 is 64.7. The van der Waals surface area contributed by atoms with E-state index in [2.05, 4.69) is 20.3 Å². The highest BCUT2D eigenvalue weighted by Gasteiger charge is 2.33. The van der Waals surface area contributed by atoms with Gasteiger partial charge in [-0.3, -0.25) is 19.8 Å². The Labute approximate surface area is 185 Å². The lowest BCUT2D eigenvalue weighted by Gasteiger charge is -2.14. The molecule has 170 valence electrons. The standard InChI is InChI=1S/C21H16F4N6O2/c22-14-4-3-7-27-16(14)11-29-19(32)9-17-13(10-26)8-15(23)20(31(17)33)30-12-21(24,25)18-5-1-2-6-28-18/h1-8,33H,9,11-12H2,(H,29,32)/i11D/t11-/m1/s1. The minimum Gasteiger partial charge on any atom is -0.427 e. The van der Waals surface area contributed by atoms with E-state index in [1.807, 2.05) is 0 Å². The van der Waals surface area contributed by atoms with Crippen LogP contribution in [0, 0.1) is 23.0 Å². The summed E-state index contributed by atoms with van der Waals surface area (Å²) in [7, 11) is 0. The van der Waals surface area contributed by atoms with E-state index in [0.29, 0.717) is 6.07 Å². The Hall–Kier alpha value is -4.27. The Balaban J connectivity index is 1.89. The molecule has 3 aromatic rings. The molecule has 0 saturated carbocycles. The quantitative estimate of drug-likeness (QED) is 0.414. The van der Waals surface area contributed by atoms with E-state index in [1.54, 1.807) is 6.07 Å². The van der Waals surface area contributed by atoms with Crippen LogP contribution in [0.4, 0.5) is 17.6 Å². The van der Waals surface area contributed by atoms with Crippen LogP contribution in [0.1, 0.15) is 24.0 Å². The molecule has 0 fully saturated rings. The molecule has 3 aromatic heterocycles. The van der Waals surface area contributed by atoms with Gasteiger partial charge in [-0.05, 0) is 30.3 Å². The number of carbonyl (C=O) groups excluding carboxylic acids is 1. The first-order chi connectivity index (χ1) is 16.1. The molecule has 0 aliphatic carbocycles. The van der Waals surface area contributed by atoms with E-state index in [1.165, 1.54) is 24.4 Å².